The van der Waals surface area contributed by atoms with Crippen LogP contribution in [0, 0.1) is 11.6 Å². The van der Waals surface area contributed by atoms with Crippen molar-refractivity contribution < 1.29 is 8.78 Å². The Kier molecular flexibility index (Phi) is 2.76. The van der Waals surface area contributed by atoms with Crippen LogP contribution in [0.15, 0.2) is 18.2 Å². The van der Waals surface area contributed by atoms with Gasteiger partial charge in [-0.1, -0.05) is 12.1 Å². The number of aryl methyl sites for hydroxylation is 1. The number of benzene rings is 1. The van der Waals surface area contributed by atoms with E-state index >= 15 is 0 Å². The molecule has 1 aromatic carbocycles. The van der Waals surface area contributed by atoms with E-state index in [1.165, 1.54) is 6.07 Å². The number of hydrogen-bond donors (Lipinski definition) is 0. The first kappa shape index (κ1) is 8.39. The van der Waals surface area contributed by atoms with E-state index in [9.17, 15) is 8.78 Å². The average molecular weight is 169 g/mol. The maximum absolute atomic E-state index is 12.5. The highest BCUT2D eigenvalue weighted by atomic mass is 28.1. The molecular weight excluding hydrogens is 162 g/mol. The van der Waals surface area contributed by atoms with E-state index in [1.807, 2.05) is 0 Å². The lowest BCUT2D eigenvalue weighted by atomic mass is 10.2. The zero-order chi connectivity index (χ0) is 8.27. The van der Waals surface area contributed by atoms with E-state index in [4.69, 9.17) is 0 Å². The fourth-order valence-corrected chi connectivity index (χ4v) is 1.13. The topological polar surface area (TPSA) is 0 Å². The van der Waals surface area contributed by atoms with E-state index in [2.05, 4.69) is 10.2 Å². The van der Waals surface area contributed by atoms with Gasteiger partial charge in [0.25, 0.3) is 0 Å². The van der Waals surface area contributed by atoms with Crippen LogP contribution in [0.4, 0.5) is 8.78 Å². The summed E-state index contributed by atoms with van der Waals surface area (Å²) < 4.78 is 24.9. The zero-order valence-electron chi connectivity index (χ0n) is 5.90. The van der Waals surface area contributed by atoms with Gasteiger partial charge in [-0.25, -0.2) is 8.78 Å². The Hall–Kier alpha value is -0.703. The molecule has 1 aromatic rings. The Labute approximate surface area is 67.7 Å². The summed E-state index contributed by atoms with van der Waals surface area (Å²) >= 11 is 0. The number of hydrogen-bond acceptors (Lipinski definition) is 0. The lowest BCUT2D eigenvalue weighted by Crippen LogP contribution is -1.88. The Morgan fingerprint density at radius 3 is 2.45 bits per heavy atom. The van der Waals surface area contributed by atoms with Gasteiger partial charge >= 0.3 is 0 Å². The maximum atomic E-state index is 12.5. The molecule has 0 heterocycles. The molecule has 0 fully saturated rings. The molecule has 11 heavy (non-hydrogen) atoms. The van der Waals surface area contributed by atoms with Gasteiger partial charge in [-0.3, -0.25) is 0 Å². The molecule has 0 atom stereocenters. The third-order valence-electron chi connectivity index (χ3n) is 1.40. The van der Waals surface area contributed by atoms with E-state index in [0.29, 0.717) is 6.42 Å². The predicted molar refractivity (Wildman–Crippen MR) is 40.6 cm³/mol. The smallest absolute Gasteiger partial charge is 0.159 e. The molecule has 0 aromatic heterocycles. The van der Waals surface area contributed by atoms with Crippen molar-refractivity contribution in [3.63, 3.8) is 0 Å². The van der Waals surface area contributed by atoms with Crippen molar-refractivity contribution in [2.24, 2.45) is 0 Å². The van der Waals surface area contributed by atoms with Crippen LogP contribution in [0.1, 0.15) is 5.56 Å². The molecule has 0 saturated heterocycles. The molecule has 0 N–H and O–H groups in total. The molecule has 0 bridgehead atoms. The quantitative estimate of drug-likeness (QED) is 0.595. The first-order valence-electron chi connectivity index (χ1n) is 3.32. The van der Waals surface area contributed by atoms with E-state index in [-0.39, 0.29) is 0 Å². The van der Waals surface area contributed by atoms with Crippen LogP contribution in [0.3, 0.4) is 0 Å². The van der Waals surface area contributed by atoms with Gasteiger partial charge in [-0.15, -0.1) is 0 Å². The summed E-state index contributed by atoms with van der Waals surface area (Å²) in [6.07, 6.45) is 0.716. The average Bonchev–Trinajstić information content (AvgIpc) is 1.98. The van der Waals surface area contributed by atoms with Gasteiger partial charge < -0.3 is 0 Å². The Morgan fingerprint density at radius 2 is 1.91 bits per heavy atom. The molecule has 3 heteroatoms. The summed E-state index contributed by atoms with van der Waals surface area (Å²) in [6, 6.07) is 4.70. The summed E-state index contributed by atoms with van der Waals surface area (Å²) in [4.78, 5) is 0. The maximum Gasteiger partial charge on any atom is 0.159 e. The Morgan fingerprint density at radius 1 is 1.18 bits per heavy atom. The molecule has 0 aliphatic heterocycles. The highest BCUT2D eigenvalue weighted by Gasteiger charge is 2.00. The monoisotopic (exact) mass is 169 g/mol. The summed E-state index contributed by atoms with van der Waals surface area (Å²) in [7, 11) is 3.26. The van der Waals surface area contributed by atoms with E-state index in [1.54, 1.807) is 6.07 Å². The molecule has 0 aliphatic carbocycles. The van der Waals surface area contributed by atoms with Crippen molar-refractivity contribution in [2.75, 3.05) is 0 Å². The molecule has 1 rings (SSSR count). The molecule has 0 nitrogen and oxygen atoms in total. The highest BCUT2D eigenvalue weighted by Crippen LogP contribution is 2.09. The largest absolute Gasteiger partial charge is 0.204 e. The summed E-state index contributed by atoms with van der Waals surface area (Å²) in [5, 5.41) is 0. The van der Waals surface area contributed by atoms with Crippen LogP contribution in [0.2, 0.25) is 6.04 Å². The zero-order valence-corrected chi connectivity index (χ0v) is 6.90. The third kappa shape index (κ3) is 2.12. The Bertz CT molecular complexity index is 248. The molecular formula is C8H7F2Si. The van der Waals surface area contributed by atoms with Gasteiger partial charge in [-0.2, -0.15) is 0 Å². The molecule has 0 amide bonds. The minimum Gasteiger partial charge on any atom is -0.204 e. The van der Waals surface area contributed by atoms with E-state index < -0.39 is 11.6 Å². The minimum absolute atomic E-state index is 0.716. The van der Waals surface area contributed by atoms with Crippen molar-refractivity contribution in [2.45, 2.75) is 12.5 Å². The second kappa shape index (κ2) is 3.62. The first-order chi connectivity index (χ1) is 5.24. The van der Waals surface area contributed by atoms with Crippen molar-refractivity contribution >= 4 is 10.2 Å². The van der Waals surface area contributed by atoms with Crippen LogP contribution in [0.25, 0.3) is 0 Å². The summed E-state index contributed by atoms with van der Waals surface area (Å²) in [6.45, 7) is 0. The van der Waals surface area contributed by atoms with Gasteiger partial charge in [0.15, 0.2) is 11.6 Å². The first-order valence-corrected chi connectivity index (χ1v) is 4.03. The number of halogens is 2. The molecule has 0 aliphatic rings. The lowest BCUT2D eigenvalue weighted by Gasteiger charge is -1.97. The van der Waals surface area contributed by atoms with Crippen molar-refractivity contribution in [1.29, 1.82) is 0 Å². The summed E-state index contributed by atoms with van der Waals surface area (Å²) in [5.41, 5.74) is 0.805. The normalized spacial score (nSPS) is 10.1. The Balaban J connectivity index is 2.86. The van der Waals surface area contributed by atoms with Gasteiger partial charge in [-0.05, 0) is 24.1 Å². The molecule has 0 spiro atoms. The SMILES string of the molecule is Fc1ccc(CC[Si])cc1F. The van der Waals surface area contributed by atoms with Gasteiger partial charge in [0, 0.05) is 10.2 Å². The second-order valence-corrected chi connectivity index (χ2v) is 2.75. The molecule has 57 valence electrons. The highest BCUT2D eigenvalue weighted by molar-refractivity contribution is 6.08. The number of rotatable bonds is 2. The fraction of sp³-hybridized carbons (Fsp3) is 0.250. The van der Waals surface area contributed by atoms with Crippen LogP contribution in [-0.2, 0) is 6.42 Å². The van der Waals surface area contributed by atoms with Gasteiger partial charge in [0.2, 0.25) is 0 Å². The van der Waals surface area contributed by atoms with Crippen molar-refractivity contribution in [3.8, 4) is 0 Å². The van der Waals surface area contributed by atoms with Crippen molar-refractivity contribution in [1.82, 2.24) is 0 Å². The van der Waals surface area contributed by atoms with Crippen LogP contribution in [0.5, 0.6) is 0 Å². The van der Waals surface area contributed by atoms with Crippen LogP contribution >= 0.6 is 0 Å². The third-order valence-corrected chi connectivity index (χ3v) is 1.65. The predicted octanol–water partition coefficient (Wildman–Crippen LogP) is 2.09. The lowest BCUT2D eigenvalue weighted by molar-refractivity contribution is 0.507. The summed E-state index contributed by atoms with van der Waals surface area (Å²) in [5.74, 6) is -1.56. The van der Waals surface area contributed by atoms with Crippen LogP contribution < -0.4 is 0 Å². The van der Waals surface area contributed by atoms with Gasteiger partial charge in [0.1, 0.15) is 0 Å². The van der Waals surface area contributed by atoms with Crippen LogP contribution in [-0.4, -0.2) is 10.2 Å². The molecule has 3 radical (unpaired) electrons. The fourth-order valence-electron chi connectivity index (χ4n) is 0.839. The van der Waals surface area contributed by atoms with Crippen molar-refractivity contribution in [3.05, 3.63) is 35.4 Å². The second-order valence-electron chi connectivity index (χ2n) is 2.25. The standard InChI is InChI=1S/C8H7F2Si/c9-7-2-1-6(3-4-11)5-8(7)10/h1-2,5H,3-4H2. The molecule has 0 saturated carbocycles. The molecule has 0 unspecified atom stereocenters. The van der Waals surface area contributed by atoms with E-state index in [0.717, 1.165) is 17.7 Å². The van der Waals surface area contributed by atoms with Gasteiger partial charge in [0.05, 0.1) is 0 Å². The minimum atomic E-state index is -0.789.